The number of thiophene rings is 1. The summed E-state index contributed by atoms with van der Waals surface area (Å²) in [6, 6.07) is 5.26. The molecule has 0 atom stereocenters. The normalized spacial score (nSPS) is 11.8. The summed E-state index contributed by atoms with van der Waals surface area (Å²) in [7, 11) is 1.19. The average molecular weight is 260 g/mol. The summed E-state index contributed by atoms with van der Waals surface area (Å²) < 4.78 is 42.6. The van der Waals surface area contributed by atoms with Gasteiger partial charge in [-0.25, -0.2) is 4.79 Å². The minimum Gasteiger partial charge on any atom is -0.465 e. The maximum Gasteiger partial charge on any atom is 0.417 e. The highest BCUT2D eigenvalue weighted by molar-refractivity contribution is 7.21. The number of carbonyl (C=O) groups excluding carboxylic acids is 1. The first-order chi connectivity index (χ1) is 7.93. The number of carbonyl (C=O) groups is 1. The third-order valence-electron chi connectivity index (χ3n) is 2.24. The molecule has 0 saturated carbocycles. The van der Waals surface area contributed by atoms with E-state index in [1.54, 1.807) is 0 Å². The zero-order valence-corrected chi connectivity index (χ0v) is 9.48. The molecule has 0 amide bonds. The fourth-order valence-corrected chi connectivity index (χ4v) is 2.60. The molecule has 0 spiro atoms. The van der Waals surface area contributed by atoms with E-state index in [1.807, 2.05) is 0 Å². The van der Waals surface area contributed by atoms with Gasteiger partial charge in [-0.3, -0.25) is 0 Å². The highest BCUT2D eigenvalue weighted by Gasteiger charge is 2.33. The summed E-state index contributed by atoms with van der Waals surface area (Å²) in [4.78, 5) is 11.4. The lowest BCUT2D eigenvalue weighted by Crippen LogP contribution is -2.04. The van der Waals surface area contributed by atoms with Gasteiger partial charge in [0.25, 0.3) is 0 Å². The van der Waals surface area contributed by atoms with E-state index in [0.29, 0.717) is 5.39 Å². The van der Waals surface area contributed by atoms with Crippen LogP contribution in [-0.2, 0) is 10.9 Å². The zero-order chi connectivity index (χ0) is 12.6. The van der Waals surface area contributed by atoms with Gasteiger partial charge in [-0.2, -0.15) is 13.2 Å². The van der Waals surface area contributed by atoms with Crippen molar-refractivity contribution in [3.05, 3.63) is 34.7 Å². The zero-order valence-electron chi connectivity index (χ0n) is 8.67. The van der Waals surface area contributed by atoms with Gasteiger partial charge in [0.1, 0.15) is 4.88 Å². The lowest BCUT2D eigenvalue weighted by Gasteiger charge is -2.06. The first kappa shape index (κ1) is 11.9. The van der Waals surface area contributed by atoms with Gasteiger partial charge in [0.2, 0.25) is 0 Å². The molecule has 0 aliphatic heterocycles. The molecule has 17 heavy (non-hydrogen) atoms. The van der Waals surface area contributed by atoms with Crippen LogP contribution in [0.3, 0.4) is 0 Å². The highest BCUT2D eigenvalue weighted by atomic mass is 32.1. The molecule has 0 saturated heterocycles. The lowest BCUT2D eigenvalue weighted by molar-refractivity contribution is -0.136. The van der Waals surface area contributed by atoms with Crippen LogP contribution in [0.1, 0.15) is 15.2 Å². The van der Waals surface area contributed by atoms with Crippen LogP contribution in [0.5, 0.6) is 0 Å². The molecule has 90 valence electrons. The van der Waals surface area contributed by atoms with E-state index in [-0.39, 0.29) is 9.58 Å². The maximum absolute atomic E-state index is 12.7. The molecule has 0 bridgehead atoms. The quantitative estimate of drug-likeness (QED) is 0.731. The van der Waals surface area contributed by atoms with Crippen molar-refractivity contribution in [1.29, 1.82) is 0 Å². The Hall–Kier alpha value is -1.56. The summed E-state index contributed by atoms with van der Waals surface area (Å²) >= 11 is 0.789. The van der Waals surface area contributed by atoms with E-state index in [1.165, 1.54) is 25.3 Å². The summed E-state index contributed by atoms with van der Waals surface area (Å²) in [5.41, 5.74) is -0.727. The van der Waals surface area contributed by atoms with Crippen molar-refractivity contribution in [2.45, 2.75) is 6.18 Å². The van der Waals surface area contributed by atoms with Crippen molar-refractivity contribution in [2.75, 3.05) is 7.11 Å². The Morgan fingerprint density at radius 1 is 1.35 bits per heavy atom. The van der Waals surface area contributed by atoms with Crippen LogP contribution in [-0.4, -0.2) is 13.1 Å². The van der Waals surface area contributed by atoms with E-state index < -0.39 is 17.7 Å². The number of ether oxygens (including phenoxy) is 1. The number of halogens is 3. The molecule has 1 aromatic heterocycles. The highest BCUT2D eigenvalue weighted by Crippen LogP contribution is 2.38. The molecule has 2 nitrogen and oxygen atoms in total. The van der Waals surface area contributed by atoms with Crippen molar-refractivity contribution < 1.29 is 22.7 Å². The Morgan fingerprint density at radius 3 is 2.65 bits per heavy atom. The van der Waals surface area contributed by atoms with Crippen LogP contribution >= 0.6 is 11.3 Å². The number of rotatable bonds is 1. The van der Waals surface area contributed by atoms with E-state index in [0.717, 1.165) is 17.4 Å². The number of fused-ring (bicyclic) bond motifs is 1. The average Bonchev–Trinajstić information content (AvgIpc) is 2.69. The molecule has 2 aromatic rings. The van der Waals surface area contributed by atoms with Gasteiger partial charge in [0, 0.05) is 4.70 Å². The van der Waals surface area contributed by atoms with Crippen LogP contribution in [0.15, 0.2) is 24.3 Å². The Kier molecular flexibility index (Phi) is 2.82. The molecule has 1 aromatic carbocycles. The van der Waals surface area contributed by atoms with Crippen molar-refractivity contribution in [3.63, 3.8) is 0 Å². The fraction of sp³-hybridized carbons (Fsp3) is 0.182. The van der Waals surface area contributed by atoms with E-state index in [2.05, 4.69) is 4.74 Å². The lowest BCUT2D eigenvalue weighted by atomic mass is 10.1. The number of hydrogen-bond donors (Lipinski definition) is 0. The van der Waals surface area contributed by atoms with Gasteiger partial charge in [-0.05, 0) is 17.5 Å². The third-order valence-corrected chi connectivity index (χ3v) is 3.40. The van der Waals surface area contributed by atoms with Gasteiger partial charge in [0.15, 0.2) is 0 Å². The van der Waals surface area contributed by atoms with E-state index in [4.69, 9.17) is 0 Å². The molecule has 0 N–H and O–H groups in total. The predicted octanol–water partition coefficient (Wildman–Crippen LogP) is 3.71. The molecule has 0 unspecified atom stereocenters. The summed E-state index contributed by atoms with van der Waals surface area (Å²) in [5, 5.41) is 0.394. The molecule has 0 aliphatic carbocycles. The van der Waals surface area contributed by atoms with Crippen molar-refractivity contribution in [3.8, 4) is 0 Å². The topological polar surface area (TPSA) is 26.3 Å². The largest absolute Gasteiger partial charge is 0.465 e. The number of alkyl halides is 3. The van der Waals surface area contributed by atoms with Crippen LogP contribution in [0.4, 0.5) is 13.2 Å². The van der Waals surface area contributed by atoms with Crippen molar-refractivity contribution in [2.24, 2.45) is 0 Å². The minimum absolute atomic E-state index is 0.0559. The fourth-order valence-electron chi connectivity index (χ4n) is 1.49. The SMILES string of the molecule is COC(=O)c1cc2cccc(C(F)(F)F)c2s1. The second-order valence-corrected chi connectivity index (χ2v) is 4.38. The van der Waals surface area contributed by atoms with E-state index >= 15 is 0 Å². The first-order valence-electron chi connectivity index (χ1n) is 4.61. The van der Waals surface area contributed by atoms with Crippen LogP contribution in [0, 0.1) is 0 Å². The summed E-state index contributed by atoms with van der Waals surface area (Å²) in [6.07, 6.45) is -4.42. The summed E-state index contributed by atoms with van der Waals surface area (Å²) in [6.45, 7) is 0. The molecule has 0 fully saturated rings. The van der Waals surface area contributed by atoms with Gasteiger partial charge in [-0.15, -0.1) is 11.3 Å². The molecule has 1 heterocycles. The van der Waals surface area contributed by atoms with Crippen LogP contribution < -0.4 is 0 Å². The van der Waals surface area contributed by atoms with Crippen LogP contribution in [0.25, 0.3) is 10.1 Å². The number of benzene rings is 1. The van der Waals surface area contributed by atoms with Gasteiger partial charge < -0.3 is 4.74 Å². The molecule has 0 radical (unpaired) electrons. The van der Waals surface area contributed by atoms with Crippen LogP contribution in [0.2, 0.25) is 0 Å². The second kappa shape index (κ2) is 4.03. The summed E-state index contributed by atoms with van der Waals surface area (Å²) in [5.74, 6) is -0.626. The Labute approximate surface area is 98.6 Å². The van der Waals surface area contributed by atoms with Gasteiger partial charge >= 0.3 is 12.1 Å². The van der Waals surface area contributed by atoms with Gasteiger partial charge in [0.05, 0.1) is 12.7 Å². The minimum atomic E-state index is -4.42. The second-order valence-electron chi connectivity index (χ2n) is 3.32. The number of methoxy groups -OCH3 is 1. The molecule has 6 heteroatoms. The number of hydrogen-bond acceptors (Lipinski definition) is 3. The number of esters is 1. The molecule has 0 aliphatic rings. The first-order valence-corrected chi connectivity index (χ1v) is 5.43. The van der Waals surface area contributed by atoms with Gasteiger partial charge in [-0.1, -0.05) is 12.1 Å². The smallest absolute Gasteiger partial charge is 0.417 e. The van der Waals surface area contributed by atoms with Crippen molar-refractivity contribution >= 4 is 27.4 Å². The molecular weight excluding hydrogens is 253 g/mol. The van der Waals surface area contributed by atoms with Crippen molar-refractivity contribution in [1.82, 2.24) is 0 Å². The predicted molar refractivity (Wildman–Crippen MR) is 58.2 cm³/mol. The molecular formula is C11H7F3O2S. The Morgan fingerprint density at radius 2 is 2.06 bits per heavy atom. The Balaban J connectivity index is 2.65. The van der Waals surface area contributed by atoms with E-state index in [9.17, 15) is 18.0 Å². The third kappa shape index (κ3) is 2.12. The molecule has 2 rings (SSSR count). The maximum atomic E-state index is 12.7. The standard InChI is InChI=1S/C11H7F3O2S/c1-16-10(15)8-5-6-3-2-4-7(9(6)17-8)11(12,13)14/h2-5H,1H3. The monoisotopic (exact) mass is 260 g/mol. The Bertz CT molecular complexity index is 572.